The van der Waals surface area contributed by atoms with Crippen molar-refractivity contribution in [2.45, 2.75) is 38.8 Å². The first kappa shape index (κ1) is 14.4. The van der Waals surface area contributed by atoms with E-state index in [1.807, 2.05) is 6.07 Å². The first-order chi connectivity index (χ1) is 10.3. The summed E-state index contributed by atoms with van der Waals surface area (Å²) >= 11 is 0. The molecule has 21 heavy (non-hydrogen) atoms. The molecule has 1 N–H and O–H groups in total. The molecule has 0 aromatic carbocycles. The van der Waals surface area contributed by atoms with E-state index >= 15 is 0 Å². The summed E-state index contributed by atoms with van der Waals surface area (Å²) < 4.78 is 4.89. The fraction of sp³-hybridized carbons (Fsp3) is 0.733. The van der Waals surface area contributed by atoms with Crippen LogP contribution in [0.4, 0.5) is 0 Å². The molecule has 1 saturated carbocycles. The second kappa shape index (κ2) is 6.93. The quantitative estimate of drug-likeness (QED) is 0.669. The van der Waals surface area contributed by atoms with Crippen molar-refractivity contribution in [1.29, 1.82) is 0 Å². The van der Waals surface area contributed by atoms with Crippen LogP contribution in [-0.2, 0) is 6.54 Å². The number of guanidine groups is 1. The van der Waals surface area contributed by atoms with Crippen LogP contribution in [0.2, 0.25) is 0 Å². The van der Waals surface area contributed by atoms with Crippen molar-refractivity contribution in [1.82, 2.24) is 20.3 Å². The van der Waals surface area contributed by atoms with Gasteiger partial charge in [-0.3, -0.25) is 9.89 Å². The molecule has 0 spiro atoms. The van der Waals surface area contributed by atoms with Crippen molar-refractivity contribution < 1.29 is 4.52 Å². The monoisotopic (exact) mass is 291 g/mol. The van der Waals surface area contributed by atoms with Crippen molar-refractivity contribution in [2.75, 3.05) is 32.7 Å². The van der Waals surface area contributed by atoms with Gasteiger partial charge in [-0.15, -0.1) is 0 Å². The van der Waals surface area contributed by atoms with E-state index < -0.39 is 0 Å². The van der Waals surface area contributed by atoms with Gasteiger partial charge in [0.15, 0.2) is 5.96 Å². The van der Waals surface area contributed by atoms with Crippen molar-refractivity contribution in [2.24, 2.45) is 4.99 Å². The third-order valence-corrected chi connectivity index (χ3v) is 4.29. The molecular formula is C15H25N5O. The van der Waals surface area contributed by atoms with Crippen molar-refractivity contribution in [3.63, 3.8) is 0 Å². The van der Waals surface area contributed by atoms with E-state index in [0.717, 1.165) is 50.9 Å². The zero-order valence-electron chi connectivity index (χ0n) is 12.8. The lowest BCUT2D eigenvalue weighted by molar-refractivity contribution is 0.167. The maximum absolute atomic E-state index is 4.89. The Morgan fingerprint density at radius 2 is 2.19 bits per heavy atom. The lowest BCUT2D eigenvalue weighted by Crippen LogP contribution is -2.55. The van der Waals surface area contributed by atoms with E-state index in [9.17, 15) is 0 Å². The molecule has 3 rings (SSSR count). The molecule has 0 bridgehead atoms. The maximum Gasteiger partial charge on any atom is 0.194 e. The van der Waals surface area contributed by atoms with Gasteiger partial charge in [-0.2, -0.15) is 0 Å². The Morgan fingerprint density at radius 3 is 2.76 bits per heavy atom. The molecule has 6 nitrogen and oxygen atoms in total. The molecule has 0 amide bonds. The third-order valence-electron chi connectivity index (χ3n) is 4.29. The van der Waals surface area contributed by atoms with Crippen LogP contribution >= 0.6 is 0 Å². The standard InChI is InChI=1S/C15H25N5O/c1-2-16-15(17-13-4-3-5-13)20-9-7-19(8-10-20)12-14-6-11-21-18-14/h6,11,13H,2-5,7-10,12H2,1H3,(H,16,17). The van der Waals surface area contributed by atoms with Gasteiger partial charge in [-0.1, -0.05) is 5.16 Å². The van der Waals surface area contributed by atoms with Gasteiger partial charge in [0.1, 0.15) is 6.26 Å². The molecule has 2 heterocycles. The number of nitrogens with zero attached hydrogens (tertiary/aromatic N) is 4. The second-order valence-electron chi connectivity index (χ2n) is 5.82. The molecule has 6 heteroatoms. The van der Waals surface area contributed by atoms with Gasteiger partial charge in [0.05, 0.1) is 5.69 Å². The molecule has 2 aliphatic rings. The Bertz CT molecular complexity index is 447. The van der Waals surface area contributed by atoms with Crippen LogP contribution in [0.15, 0.2) is 21.8 Å². The maximum atomic E-state index is 4.89. The zero-order valence-corrected chi connectivity index (χ0v) is 12.8. The van der Waals surface area contributed by atoms with Crippen LogP contribution in [0, 0.1) is 0 Å². The molecular weight excluding hydrogens is 266 g/mol. The van der Waals surface area contributed by atoms with Gasteiger partial charge >= 0.3 is 0 Å². The highest BCUT2D eigenvalue weighted by atomic mass is 16.5. The van der Waals surface area contributed by atoms with E-state index in [0.29, 0.717) is 6.04 Å². The minimum absolute atomic E-state index is 0.642. The molecule has 1 saturated heterocycles. The van der Waals surface area contributed by atoms with Crippen molar-refractivity contribution in [3.8, 4) is 0 Å². The number of hydrogen-bond acceptors (Lipinski definition) is 4. The van der Waals surface area contributed by atoms with Crippen LogP contribution in [0.1, 0.15) is 31.9 Å². The van der Waals surface area contributed by atoms with E-state index in [4.69, 9.17) is 4.52 Å². The Morgan fingerprint density at radius 1 is 1.38 bits per heavy atom. The summed E-state index contributed by atoms with van der Waals surface area (Å²) in [7, 11) is 0. The van der Waals surface area contributed by atoms with Gasteiger partial charge in [0, 0.05) is 51.4 Å². The second-order valence-corrected chi connectivity index (χ2v) is 5.82. The molecule has 1 aliphatic heterocycles. The van der Waals surface area contributed by atoms with E-state index in [1.54, 1.807) is 6.26 Å². The van der Waals surface area contributed by atoms with Gasteiger partial charge in [0.25, 0.3) is 0 Å². The topological polar surface area (TPSA) is 56.9 Å². The van der Waals surface area contributed by atoms with Crippen molar-refractivity contribution >= 4 is 5.96 Å². The Kier molecular flexibility index (Phi) is 4.75. The fourth-order valence-corrected chi connectivity index (χ4v) is 2.79. The third kappa shape index (κ3) is 3.75. The van der Waals surface area contributed by atoms with Gasteiger partial charge < -0.3 is 14.7 Å². The summed E-state index contributed by atoms with van der Waals surface area (Å²) in [6.07, 6.45) is 5.56. The highest BCUT2D eigenvalue weighted by Gasteiger charge is 2.24. The van der Waals surface area contributed by atoms with Crippen LogP contribution in [0.25, 0.3) is 0 Å². The SMILES string of the molecule is CCN=C(NC1CCC1)N1CCN(Cc2ccon2)CC1. The number of aromatic nitrogens is 1. The van der Waals surface area contributed by atoms with E-state index in [1.165, 1.54) is 19.3 Å². The molecule has 2 fully saturated rings. The Balaban J connectivity index is 1.49. The van der Waals surface area contributed by atoms with E-state index in [-0.39, 0.29) is 0 Å². The lowest BCUT2D eigenvalue weighted by Gasteiger charge is -2.38. The highest BCUT2D eigenvalue weighted by Crippen LogP contribution is 2.18. The molecule has 1 aromatic heterocycles. The lowest BCUT2D eigenvalue weighted by atomic mass is 9.93. The predicted octanol–water partition coefficient (Wildman–Crippen LogP) is 1.31. The van der Waals surface area contributed by atoms with Crippen LogP contribution in [0.3, 0.4) is 0 Å². The van der Waals surface area contributed by atoms with Crippen LogP contribution in [-0.4, -0.2) is 59.7 Å². The van der Waals surface area contributed by atoms with Crippen molar-refractivity contribution in [3.05, 3.63) is 18.0 Å². The number of nitrogens with one attached hydrogen (secondary N) is 1. The number of hydrogen-bond donors (Lipinski definition) is 1. The zero-order chi connectivity index (χ0) is 14.5. The van der Waals surface area contributed by atoms with Gasteiger partial charge in [0.2, 0.25) is 0 Å². The molecule has 0 atom stereocenters. The summed E-state index contributed by atoms with van der Waals surface area (Å²) in [6, 6.07) is 2.58. The average Bonchev–Trinajstić information content (AvgIpc) is 2.95. The van der Waals surface area contributed by atoms with Crippen LogP contribution in [0.5, 0.6) is 0 Å². The summed E-state index contributed by atoms with van der Waals surface area (Å²) in [4.78, 5) is 9.46. The first-order valence-electron chi connectivity index (χ1n) is 8.02. The summed E-state index contributed by atoms with van der Waals surface area (Å²) in [5.74, 6) is 1.10. The number of piperazine rings is 1. The minimum atomic E-state index is 0.642. The first-order valence-corrected chi connectivity index (χ1v) is 8.02. The highest BCUT2D eigenvalue weighted by molar-refractivity contribution is 5.80. The molecule has 1 aromatic rings. The molecule has 116 valence electrons. The van der Waals surface area contributed by atoms with Crippen LogP contribution < -0.4 is 5.32 Å². The largest absolute Gasteiger partial charge is 0.364 e. The van der Waals surface area contributed by atoms with Gasteiger partial charge in [-0.05, 0) is 26.2 Å². The Labute approximate surface area is 126 Å². The predicted molar refractivity (Wildman–Crippen MR) is 82.1 cm³/mol. The summed E-state index contributed by atoms with van der Waals surface area (Å²) in [6.45, 7) is 7.95. The van der Waals surface area contributed by atoms with E-state index in [2.05, 4.69) is 32.2 Å². The normalized spacial score (nSPS) is 21.4. The molecule has 0 radical (unpaired) electrons. The Hall–Kier alpha value is -1.56. The fourth-order valence-electron chi connectivity index (χ4n) is 2.79. The molecule has 1 aliphatic carbocycles. The summed E-state index contributed by atoms with van der Waals surface area (Å²) in [5.41, 5.74) is 1.01. The number of rotatable bonds is 4. The van der Waals surface area contributed by atoms with Gasteiger partial charge in [-0.25, -0.2) is 0 Å². The average molecular weight is 291 g/mol. The smallest absolute Gasteiger partial charge is 0.194 e. The minimum Gasteiger partial charge on any atom is -0.364 e. The number of aliphatic imine (C=N–C) groups is 1. The molecule has 0 unspecified atom stereocenters. The summed E-state index contributed by atoms with van der Waals surface area (Å²) in [5, 5.41) is 7.60.